The number of rotatable bonds is 5. The van der Waals surface area contributed by atoms with E-state index in [-0.39, 0.29) is 6.61 Å². The Labute approximate surface area is 154 Å². The number of aromatic nitrogens is 5. The number of hydrogen-bond acceptors (Lipinski definition) is 6. The molecule has 0 bridgehead atoms. The zero-order chi connectivity index (χ0) is 18.8. The second kappa shape index (κ2) is 6.91. The van der Waals surface area contributed by atoms with E-state index in [0.717, 1.165) is 22.3 Å². The molecule has 0 saturated carbocycles. The van der Waals surface area contributed by atoms with E-state index in [1.54, 1.807) is 23.1 Å². The smallest absolute Gasteiger partial charge is 0.343 e. The molecule has 0 fully saturated rings. The van der Waals surface area contributed by atoms with Crippen molar-refractivity contribution in [2.75, 3.05) is 13.7 Å². The van der Waals surface area contributed by atoms with E-state index in [1.807, 2.05) is 37.4 Å². The number of carbonyl (C=O) groups excluding carboxylic acids is 1. The van der Waals surface area contributed by atoms with Gasteiger partial charge in [0, 0.05) is 25.0 Å². The number of hydrogen-bond donors (Lipinski definition) is 1. The van der Waals surface area contributed by atoms with Crippen molar-refractivity contribution < 1.29 is 14.3 Å². The zero-order valence-electron chi connectivity index (χ0n) is 14.8. The number of aromatic amines is 1. The molecule has 27 heavy (non-hydrogen) atoms. The maximum absolute atomic E-state index is 11.4. The van der Waals surface area contributed by atoms with Gasteiger partial charge in [-0.2, -0.15) is 5.10 Å². The number of carbonyl (C=O) groups is 1. The van der Waals surface area contributed by atoms with Crippen molar-refractivity contribution in [3.63, 3.8) is 0 Å². The fraction of sp³-hybridized carbons (Fsp3) is 0.158. The minimum absolute atomic E-state index is 0.170. The number of nitrogens with zero attached hydrogens (tertiary/aromatic N) is 4. The Morgan fingerprint density at radius 3 is 2.85 bits per heavy atom. The maximum Gasteiger partial charge on any atom is 0.343 e. The van der Waals surface area contributed by atoms with Gasteiger partial charge in [0.05, 0.1) is 12.7 Å². The van der Waals surface area contributed by atoms with Crippen LogP contribution >= 0.6 is 0 Å². The van der Waals surface area contributed by atoms with Crippen LogP contribution in [0.5, 0.6) is 5.75 Å². The van der Waals surface area contributed by atoms with Gasteiger partial charge in [-0.25, -0.2) is 14.5 Å². The molecule has 4 rings (SSSR count). The molecular weight excluding hydrogens is 346 g/mol. The first-order valence-electron chi connectivity index (χ1n) is 8.29. The lowest BCUT2D eigenvalue weighted by Gasteiger charge is -2.08. The molecule has 8 nitrogen and oxygen atoms in total. The molecule has 3 aromatic heterocycles. The van der Waals surface area contributed by atoms with Gasteiger partial charge in [0.25, 0.3) is 0 Å². The van der Waals surface area contributed by atoms with Crippen LogP contribution in [0.2, 0.25) is 0 Å². The second-order valence-electron chi connectivity index (χ2n) is 5.86. The quantitative estimate of drug-likeness (QED) is 0.548. The zero-order valence-corrected chi connectivity index (χ0v) is 14.8. The first kappa shape index (κ1) is 16.8. The molecule has 0 aliphatic rings. The van der Waals surface area contributed by atoms with Crippen LogP contribution in [0.25, 0.3) is 33.8 Å². The summed E-state index contributed by atoms with van der Waals surface area (Å²) in [6.07, 6.45) is 3.48. The highest BCUT2D eigenvalue weighted by Gasteiger charge is 2.18. The van der Waals surface area contributed by atoms with E-state index < -0.39 is 5.97 Å². The lowest BCUT2D eigenvalue weighted by molar-refractivity contribution is -0.142. The summed E-state index contributed by atoms with van der Waals surface area (Å²) in [4.78, 5) is 23.5. The normalized spacial score (nSPS) is 10.9. The number of benzene rings is 1. The number of esters is 1. The van der Waals surface area contributed by atoms with Crippen LogP contribution in [0.1, 0.15) is 0 Å². The van der Waals surface area contributed by atoms with E-state index in [1.165, 1.54) is 7.11 Å². The highest BCUT2D eigenvalue weighted by Crippen LogP contribution is 2.32. The largest absolute Gasteiger partial charge is 0.481 e. The number of ether oxygens (including phenoxy) is 2. The van der Waals surface area contributed by atoms with Crippen LogP contribution in [-0.4, -0.2) is 44.4 Å². The molecule has 0 spiro atoms. The number of fused-ring (bicyclic) bond motifs is 1. The molecule has 1 N–H and O–H groups in total. The van der Waals surface area contributed by atoms with Crippen molar-refractivity contribution in [2.24, 2.45) is 7.05 Å². The Morgan fingerprint density at radius 2 is 2.07 bits per heavy atom. The van der Waals surface area contributed by atoms with E-state index in [4.69, 9.17) is 4.74 Å². The van der Waals surface area contributed by atoms with Crippen LogP contribution < -0.4 is 4.74 Å². The van der Waals surface area contributed by atoms with Crippen molar-refractivity contribution in [3.8, 4) is 28.4 Å². The van der Waals surface area contributed by atoms with Gasteiger partial charge in [-0.05, 0) is 24.3 Å². The first-order valence-corrected chi connectivity index (χ1v) is 8.29. The highest BCUT2D eigenvalue weighted by atomic mass is 16.6. The fourth-order valence-corrected chi connectivity index (χ4v) is 2.83. The van der Waals surface area contributed by atoms with Crippen molar-refractivity contribution in [1.82, 2.24) is 24.7 Å². The second-order valence-corrected chi connectivity index (χ2v) is 5.86. The number of pyridine rings is 1. The highest BCUT2D eigenvalue weighted by molar-refractivity contribution is 5.90. The molecule has 0 aliphatic heterocycles. The van der Waals surface area contributed by atoms with Gasteiger partial charge in [-0.1, -0.05) is 12.1 Å². The molecule has 0 radical (unpaired) electrons. The van der Waals surface area contributed by atoms with Gasteiger partial charge < -0.3 is 14.5 Å². The summed E-state index contributed by atoms with van der Waals surface area (Å²) in [7, 11) is 3.16. The molecule has 1 aromatic carbocycles. The SMILES string of the molecule is COC(=O)COc1ccccc1-c1nc2c([nH]1)c(-c1cccnc1)nn2C. The molecule has 0 atom stereocenters. The number of methoxy groups -OCH3 is 1. The van der Waals surface area contributed by atoms with Crippen LogP contribution in [0, 0.1) is 0 Å². The Hall–Kier alpha value is -3.68. The van der Waals surface area contributed by atoms with Gasteiger partial charge in [0.2, 0.25) is 0 Å². The van der Waals surface area contributed by atoms with Crippen LogP contribution in [0.3, 0.4) is 0 Å². The third-order valence-corrected chi connectivity index (χ3v) is 4.13. The van der Waals surface area contributed by atoms with Crippen LogP contribution in [-0.2, 0) is 16.6 Å². The van der Waals surface area contributed by atoms with Gasteiger partial charge in [0.15, 0.2) is 12.3 Å². The van der Waals surface area contributed by atoms with Gasteiger partial charge in [-0.3, -0.25) is 4.98 Å². The molecule has 0 amide bonds. The third kappa shape index (κ3) is 3.12. The number of aryl methyl sites for hydroxylation is 1. The summed E-state index contributed by atoms with van der Waals surface area (Å²) in [5.74, 6) is 0.721. The predicted octanol–water partition coefficient (Wildman–Crippen LogP) is 2.58. The van der Waals surface area contributed by atoms with Crippen molar-refractivity contribution in [1.29, 1.82) is 0 Å². The number of imidazole rings is 1. The average Bonchev–Trinajstić information content (AvgIpc) is 3.27. The van der Waals surface area contributed by atoms with Gasteiger partial charge >= 0.3 is 5.97 Å². The summed E-state index contributed by atoms with van der Waals surface area (Å²) in [5.41, 5.74) is 3.94. The molecule has 3 heterocycles. The molecule has 0 aliphatic carbocycles. The molecule has 4 aromatic rings. The molecule has 136 valence electrons. The maximum atomic E-state index is 11.4. The van der Waals surface area contributed by atoms with E-state index in [2.05, 4.69) is 24.8 Å². The first-order chi connectivity index (χ1) is 13.2. The Kier molecular flexibility index (Phi) is 4.29. The van der Waals surface area contributed by atoms with E-state index in [0.29, 0.717) is 17.2 Å². The van der Waals surface area contributed by atoms with Gasteiger partial charge in [-0.15, -0.1) is 0 Å². The summed E-state index contributed by atoms with van der Waals surface area (Å²) < 4.78 is 11.9. The van der Waals surface area contributed by atoms with Crippen molar-refractivity contribution >= 4 is 17.1 Å². The Morgan fingerprint density at radius 1 is 1.22 bits per heavy atom. The summed E-state index contributed by atoms with van der Waals surface area (Å²) in [5, 5.41) is 4.54. The third-order valence-electron chi connectivity index (χ3n) is 4.13. The molecular formula is C19H17N5O3. The molecule has 0 saturated heterocycles. The van der Waals surface area contributed by atoms with Crippen molar-refractivity contribution in [2.45, 2.75) is 0 Å². The number of nitrogens with one attached hydrogen (secondary N) is 1. The minimum Gasteiger partial charge on any atom is -0.481 e. The monoisotopic (exact) mass is 363 g/mol. The van der Waals surface area contributed by atoms with E-state index in [9.17, 15) is 4.79 Å². The average molecular weight is 363 g/mol. The topological polar surface area (TPSA) is 94.9 Å². The number of H-pyrrole nitrogens is 1. The van der Waals surface area contributed by atoms with Gasteiger partial charge in [0.1, 0.15) is 22.8 Å². The summed E-state index contributed by atoms with van der Waals surface area (Å²) in [6.45, 7) is -0.170. The standard InChI is InChI=1S/C19H17N5O3/c1-24-19-17(16(23-24)12-6-5-9-20-10-12)21-18(22-19)13-7-3-4-8-14(13)27-11-15(25)26-2/h3-10H,11H2,1-2H3,(H,21,22). The van der Waals surface area contributed by atoms with Crippen LogP contribution in [0.4, 0.5) is 0 Å². The fourth-order valence-electron chi connectivity index (χ4n) is 2.83. The number of para-hydroxylation sites is 1. The van der Waals surface area contributed by atoms with Crippen molar-refractivity contribution in [3.05, 3.63) is 48.8 Å². The Balaban J connectivity index is 1.77. The Bertz CT molecular complexity index is 1100. The summed E-state index contributed by atoms with van der Waals surface area (Å²) in [6, 6.07) is 11.2. The minimum atomic E-state index is -0.447. The lowest BCUT2D eigenvalue weighted by atomic mass is 10.2. The molecule has 8 heteroatoms. The van der Waals surface area contributed by atoms with E-state index >= 15 is 0 Å². The van der Waals surface area contributed by atoms with Crippen LogP contribution in [0.15, 0.2) is 48.8 Å². The molecule has 0 unspecified atom stereocenters. The summed E-state index contributed by atoms with van der Waals surface area (Å²) >= 11 is 0. The lowest BCUT2D eigenvalue weighted by Crippen LogP contribution is -2.13. The predicted molar refractivity (Wildman–Crippen MR) is 99.0 cm³/mol.